The highest BCUT2D eigenvalue weighted by Crippen LogP contribution is 2.42. The molecule has 0 unspecified atom stereocenters. The molecule has 5 rings (SSSR count). The predicted octanol–water partition coefficient (Wildman–Crippen LogP) is 5.15. The van der Waals surface area contributed by atoms with E-state index in [-0.39, 0.29) is 12.1 Å². The third kappa shape index (κ3) is 4.07. The fourth-order valence-corrected chi connectivity index (χ4v) is 4.60. The van der Waals surface area contributed by atoms with Crippen molar-refractivity contribution in [3.05, 3.63) is 102 Å². The van der Waals surface area contributed by atoms with Crippen molar-refractivity contribution >= 4 is 23.0 Å². The zero-order chi connectivity index (χ0) is 22.8. The smallest absolute Gasteiger partial charge is 0.174 e. The molecule has 0 bridgehead atoms. The highest BCUT2D eigenvalue weighted by Gasteiger charge is 2.42. The molecule has 1 N–H and O–H groups in total. The van der Waals surface area contributed by atoms with Gasteiger partial charge in [0.25, 0.3) is 0 Å². The molecule has 2 atom stereocenters. The van der Waals surface area contributed by atoms with Crippen LogP contribution in [0, 0.1) is 6.92 Å². The fourth-order valence-electron chi connectivity index (χ4n) is 4.25. The van der Waals surface area contributed by atoms with Crippen molar-refractivity contribution in [1.29, 1.82) is 0 Å². The number of hydrogen-bond acceptors (Lipinski definition) is 4. The Bertz CT molecular complexity index is 1240. The third-order valence-corrected chi connectivity index (χ3v) is 6.06. The lowest BCUT2D eigenvalue weighted by atomic mass is 10.0. The van der Waals surface area contributed by atoms with Crippen molar-refractivity contribution in [3.63, 3.8) is 0 Å². The molecule has 166 valence electrons. The van der Waals surface area contributed by atoms with E-state index in [1.165, 1.54) is 0 Å². The quantitative estimate of drug-likeness (QED) is 0.406. The van der Waals surface area contributed by atoms with Gasteiger partial charge in [0.1, 0.15) is 17.6 Å². The van der Waals surface area contributed by atoms with Crippen LogP contribution in [0.1, 0.15) is 36.0 Å². The minimum absolute atomic E-state index is 0.121. The van der Waals surface area contributed by atoms with Crippen LogP contribution >= 0.6 is 12.2 Å². The number of rotatable bonds is 6. The summed E-state index contributed by atoms with van der Waals surface area (Å²) in [5, 5.41) is 4.17. The SMILES string of the molecule is CCOc1ccc(N2C(=S)N[C@H](c3ccccn3)[C@@H]2c2cccn2-c2ccc(C)cn2)cc1. The Morgan fingerprint density at radius 2 is 1.85 bits per heavy atom. The lowest BCUT2D eigenvalue weighted by Crippen LogP contribution is -2.30. The number of aryl methyl sites for hydroxylation is 1. The van der Waals surface area contributed by atoms with Crippen molar-refractivity contribution in [2.75, 3.05) is 11.5 Å². The maximum atomic E-state index is 5.84. The predicted molar refractivity (Wildman–Crippen MR) is 134 cm³/mol. The van der Waals surface area contributed by atoms with E-state index in [2.05, 4.69) is 36.9 Å². The molecule has 1 aliphatic heterocycles. The summed E-state index contributed by atoms with van der Waals surface area (Å²) < 4.78 is 7.76. The molecule has 7 heteroatoms. The van der Waals surface area contributed by atoms with Gasteiger partial charge in [-0.25, -0.2) is 4.98 Å². The lowest BCUT2D eigenvalue weighted by molar-refractivity contribution is 0.340. The van der Waals surface area contributed by atoms with Gasteiger partial charge in [-0.2, -0.15) is 0 Å². The Hall–Kier alpha value is -3.71. The molecule has 0 saturated carbocycles. The molecule has 4 aromatic rings. The minimum Gasteiger partial charge on any atom is -0.494 e. The largest absolute Gasteiger partial charge is 0.494 e. The maximum Gasteiger partial charge on any atom is 0.174 e. The molecular formula is C26H25N5OS. The van der Waals surface area contributed by atoms with Gasteiger partial charge in [-0.15, -0.1) is 0 Å². The number of anilines is 1. The molecule has 0 aliphatic carbocycles. The molecule has 1 saturated heterocycles. The number of hydrogen-bond donors (Lipinski definition) is 1. The van der Waals surface area contributed by atoms with Gasteiger partial charge < -0.3 is 19.5 Å². The zero-order valence-corrected chi connectivity index (χ0v) is 19.4. The van der Waals surface area contributed by atoms with Crippen LogP contribution in [0.4, 0.5) is 5.69 Å². The number of nitrogens with zero attached hydrogens (tertiary/aromatic N) is 4. The van der Waals surface area contributed by atoms with Crippen molar-refractivity contribution in [2.45, 2.75) is 25.9 Å². The average molecular weight is 456 g/mol. The number of thiocarbonyl (C=S) groups is 1. The molecule has 0 radical (unpaired) electrons. The van der Waals surface area contributed by atoms with Crippen LogP contribution in [-0.2, 0) is 0 Å². The molecule has 3 aromatic heterocycles. The Kier molecular flexibility index (Phi) is 5.79. The van der Waals surface area contributed by atoms with E-state index in [0.717, 1.165) is 34.2 Å². The molecule has 1 aliphatic rings. The molecular weight excluding hydrogens is 430 g/mol. The first-order chi connectivity index (χ1) is 16.2. The summed E-state index contributed by atoms with van der Waals surface area (Å²) in [7, 11) is 0. The molecule has 4 heterocycles. The zero-order valence-electron chi connectivity index (χ0n) is 18.6. The van der Waals surface area contributed by atoms with Gasteiger partial charge in [0, 0.05) is 30.0 Å². The molecule has 1 aromatic carbocycles. The molecule has 0 amide bonds. The van der Waals surface area contributed by atoms with Crippen LogP contribution < -0.4 is 15.0 Å². The third-order valence-electron chi connectivity index (χ3n) is 5.75. The Balaban J connectivity index is 1.62. The summed E-state index contributed by atoms with van der Waals surface area (Å²) in [5.74, 6) is 1.70. The number of pyridine rings is 2. The molecule has 6 nitrogen and oxygen atoms in total. The summed E-state index contributed by atoms with van der Waals surface area (Å²) in [6.45, 7) is 4.65. The molecule has 0 spiro atoms. The second-order valence-corrected chi connectivity index (χ2v) is 8.31. The fraction of sp³-hybridized carbons (Fsp3) is 0.192. The topological polar surface area (TPSA) is 55.2 Å². The van der Waals surface area contributed by atoms with Crippen LogP contribution in [0.5, 0.6) is 5.75 Å². The van der Waals surface area contributed by atoms with Gasteiger partial charge >= 0.3 is 0 Å². The van der Waals surface area contributed by atoms with Gasteiger partial charge in [-0.05, 0) is 86.2 Å². The summed E-state index contributed by atoms with van der Waals surface area (Å²) in [4.78, 5) is 11.5. The summed E-state index contributed by atoms with van der Waals surface area (Å²) in [6, 6.07) is 22.1. The minimum atomic E-state index is -0.122. The lowest BCUT2D eigenvalue weighted by Gasteiger charge is -2.29. The van der Waals surface area contributed by atoms with Crippen LogP contribution in [0.3, 0.4) is 0 Å². The number of aromatic nitrogens is 3. The molecule has 33 heavy (non-hydrogen) atoms. The van der Waals surface area contributed by atoms with Gasteiger partial charge in [-0.3, -0.25) is 4.98 Å². The second kappa shape index (κ2) is 9.03. The van der Waals surface area contributed by atoms with Crippen LogP contribution in [0.15, 0.2) is 85.3 Å². The highest BCUT2D eigenvalue weighted by atomic mass is 32.1. The summed E-state index contributed by atoms with van der Waals surface area (Å²) >= 11 is 5.84. The van der Waals surface area contributed by atoms with Crippen LogP contribution in [-0.4, -0.2) is 26.3 Å². The van der Waals surface area contributed by atoms with E-state index in [0.29, 0.717) is 11.7 Å². The van der Waals surface area contributed by atoms with Crippen LogP contribution in [0.25, 0.3) is 5.82 Å². The Labute approximate surface area is 198 Å². The number of ether oxygens (including phenoxy) is 1. The number of nitrogens with one attached hydrogen (secondary N) is 1. The van der Waals surface area contributed by atoms with E-state index >= 15 is 0 Å². The van der Waals surface area contributed by atoms with Crippen molar-refractivity contribution in [1.82, 2.24) is 19.9 Å². The number of benzene rings is 1. The second-order valence-electron chi connectivity index (χ2n) is 7.92. The van der Waals surface area contributed by atoms with Gasteiger partial charge in [-0.1, -0.05) is 12.1 Å². The van der Waals surface area contributed by atoms with Gasteiger partial charge in [0.05, 0.1) is 18.3 Å². The van der Waals surface area contributed by atoms with Crippen molar-refractivity contribution < 1.29 is 4.74 Å². The maximum absolute atomic E-state index is 5.84. The Morgan fingerprint density at radius 3 is 2.55 bits per heavy atom. The standard InChI is InChI=1S/C26H25N5OS/c1-3-32-20-12-10-19(11-13-20)31-25(24(29-26(31)33)21-7-4-5-15-27-21)22-8-6-16-30(22)23-14-9-18(2)17-28-23/h4-17,24-25H,3H2,1-2H3,(H,29,33)/t24-,25+/m1/s1. The first-order valence-corrected chi connectivity index (χ1v) is 11.4. The van der Waals surface area contributed by atoms with Crippen LogP contribution in [0.2, 0.25) is 0 Å². The van der Waals surface area contributed by atoms with Gasteiger partial charge in [0.2, 0.25) is 0 Å². The Morgan fingerprint density at radius 1 is 1.00 bits per heavy atom. The van der Waals surface area contributed by atoms with Crippen molar-refractivity contribution in [2.24, 2.45) is 0 Å². The molecule has 1 fully saturated rings. The van der Waals surface area contributed by atoms with E-state index in [4.69, 9.17) is 17.0 Å². The highest BCUT2D eigenvalue weighted by molar-refractivity contribution is 7.80. The average Bonchev–Trinajstić information content (AvgIpc) is 3.45. The van der Waals surface area contributed by atoms with E-state index in [9.17, 15) is 0 Å². The van der Waals surface area contributed by atoms with E-state index in [1.54, 1.807) is 0 Å². The van der Waals surface area contributed by atoms with Gasteiger partial charge in [0.15, 0.2) is 5.11 Å². The van der Waals surface area contributed by atoms with E-state index in [1.807, 2.05) is 87.0 Å². The summed E-state index contributed by atoms with van der Waals surface area (Å²) in [6.07, 6.45) is 5.74. The monoisotopic (exact) mass is 455 g/mol. The summed E-state index contributed by atoms with van der Waals surface area (Å²) in [5.41, 5.74) is 4.12. The van der Waals surface area contributed by atoms with Crippen molar-refractivity contribution in [3.8, 4) is 11.6 Å². The normalized spacial score (nSPS) is 17.8. The first kappa shape index (κ1) is 21.2. The first-order valence-electron chi connectivity index (χ1n) is 11.0. The van der Waals surface area contributed by atoms with E-state index < -0.39 is 0 Å².